The van der Waals surface area contributed by atoms with Crippen molar-refractivity contribution < 1.29 is 28.8 Å². The van der Waals surface area contributed by atoms with Gasteiger partial charge in [-0.3, -0.25) is 0 Å². The summed E-state index contributed by atoms with van der Waals surface area (Å²) in [5.41, 5.74) is 2.91. The summed E-state index contributed by atoms with van der Waals surface area (Å²) in [6, 6.07) is 29.5. The standard InChI is InChI=1S/C30H32O6/c1-2-18-30(31)28(33-20-23-14-8-4-9-15-23)27(32-19-22-12-6-3-7-13-22)26-25(36-30)21-34-29(35-26)24-16-10-5-11-17-24/h2-17,25-29,31H,1,18-21H2/t25-,26-,27+,28+,29?,30?/m1/s1. The zero-order chi connectivity index (χ0) is 24.8. The molecule has 0 amide bonds. The largest absolute Gasteiger partial charge is 0.368 e. The van der Waals surface area contributed by atoms with E-state index in [0.29, 0.717) is 6.61 Å². The fourth-order valence-corrected chi connectivity index (χ4v) is 4.79. The molecule has 0 spiro atoms. The van der Waals surface area contributed by atoms with Gasteiger partial charge in [0, 0.05) is 12.0 Å². The first-order valence-corrected chi connectivity index (χ1v) is 12.3. The van der Waals surface area contributed by atoms with Crippen molar-refractivity contribution in [2.45, 2.75) is 56.1 Å². The van der Waals surface area contributed by atoms with Gasteiger partial charge in [-0.15, -0.1) is 6.58 Å². The van der Waals surface area contributed by atoms with Crippen LogP contribution in [0.15, 0.2) is 104 Å². The fraction of sp³-hybridized carbons (Fsp3) is 0.333. The lowest BCUT2D eigenvalue weighted by molar-refractivity contribution is -0.402. The molecule has 2 heterocycles. The van der Waals surface area contributed by atoms with E-state index < -0.39 is 36.5 Å². The van der Waals surface area contributed by atoms with E-state index in [1.54, 1.807) is 6.08 Å². The Bertz CT molecular complexity index is 1090. The van der Waals surface area contributed by atoms with Gasteiger partial charge in [0.05, 0.1) is 19.8 Å². The van der Waals surface area contributed by atoms with E-state index in [0.717, 1.165) is 16.7 Å². The smallest absolute Gasteiger partial charge is 0.198 e. The van der Waals surface area contributed by atoms with Gasteiger partial charge >= 0.3 is 0 Å². The molecule has 3 aromatic rings. The zero-order valence-corrected chi connectivity index (χ0v) is 20.1. The van der Waals surface area contributed by atoms with Crippen LogP contribution in [0, 0.1) is 0 Å². The maximum Gasteiger partial charge on any atom is 0.198 e. The summed E-state index contributed by atoms with van der Waals surface area (Å²) in [7, 11) is 0. The van der Waals surface area contributed by atoms with Crippen LogP contribution in [0.2, 0.25) is 0 Å². The Morgan fingerprint density at radius 2 is 1.44 bits per heavy atom. The van der Waals surface area contributed by atoms with E-state index in [4.69, 9.17) is 23.7 Å². The van der Waals surface area contributed by atoms with Gasteiger partial charge in [0.25, 0.3) is 0 Å². The molecule has 0 radical (unpaired) electrons. The quantitative estimate of drug-likeness (QED) is 0.431. The lowest BCUT2D eigenvalue weighted by Crippen LogP contribution is -2.68. The SMILES string of the molecule is C=CCC1(O)O[C@@H]2COC(c3ccccc3)O[C@H]2[C@H](OCc2ccccc2)[C@@H]1OCc1ccccc1. The van der Waals surface area contributed by atoms with Gasteiger partial charge in [-0.05, 0) is 11.1 Å². The Balaban J connectivity index is 1.44. The topological polar surface area (TPSA) is 66.4 Å². The summed E-state index contributed by atoms with van der Waals surface area (Å²) in [5.74, 6) is -1.65. The first-order valence-electron chi connectivity index (χ1n) is 12.3. The Hall–Kier alpha value is -2.84. The number of hydrogen-bond donors (Lipinski definition) is 1. The third kappa shape index (κ3) is 5.60. The van der Waals surface area contributed by atoms with Crippen molar-refractivity contribution in [3.63, 3.8) is 0 Å². The minimum absolute atomic E-state index is 0.170. The molecule has 2 aliphatic rings. The summed E-state index contributed by atoms with van der Waals surface area (Å²) in [6.07, 6.45) is -1.26. The van der Waals surface area contributed by atoms with Crippen LogP contribution < -0.4 is 0 Å². The predicted molar refractivity (Wildman–Crippen MR) is 135 cm³/mol. The van der Waals surface area contributed by atoms with Crippen LogP contribution in [0.4, 0.5) is 0 Å². The van der Waals surface area contributed by atoms with E-state index >= 15 is 0 Å². The number of aliphatic hydroxyl groups is 1. The minimum atomic E-state index is -1.65. The Labute approximate surface area is 212 Å². The van der Waals surface area contributed by atoms with E-state index in [-0.39, 0.29) is 19.6 Å². The van der Waals surface area contributed by atoms with Gasteiger partial charge in [0.1, 0.15) is 24.4 Å². The van der Waals surface area contributed by atoms with Crippen molar-refractivity contribution >= 4 is 0 Å². The average Bonchev–Trinajstić information content (AvgIpc) is 2.92. The fourth-order valence-electron chi connectivity index (χ4n) is 4.79. The van der Waals surface area contributed by atoms with Crippen LogP contribution in [0.3, 0.4) is 0 Å². The molecule has 6 atom stereocenters. The van der Waals surface area contributed by atoms with Gasteiger partial charge in [-0.2, -0.15) is 0 Å². The molecule has 0 aromatic heterocycles. The van der Waals surface area contributed by atoms with Crippen LogP contribution in [0.5, 0.6) is 0 Å². The van der Waals surface area contributed by atoms with E-state index in [9.17, 15) is 5.11 Å². The molecule has 0 aliphatic carbocycles. The third-order valence-corrected chi connectivity index (χ3v) is 6.55. The van der Waals surface area contributed by atoms with E-state index in [1.165, 1.54) is 0 Å². The van der Waals surface area contributed by atoms with Gasteiger partial charge in [-0.1, -0.05) is 97.1 Å². The van der Waals surface area contributed by atoms with Crippen molar-refractivity contribution in [3.05, 3.63) is 120 Å². The molecule has 6 nitrogen and oxygen atoms in total. The van der Waals surface area contributed by atoms with Crippen LogP contribution in [0.25, 0.3) is 0 Å². The highest BCUT2D eigenvalue weighted by Crippen LogP contribution is 2.41. The lowest BCUT2D eigenvalue weighted by Gasteiger charge is -2.52. The Morgan fingerprint density at radius 1 is 0.861 bits per heavy atom. The number of fused-ring (bicyclic) bond motifs is 1. The van der Waals surface area contributed by atoms with Gasteiger partial charge in [0.15, 0.2) is 12.1 Å². The molecule has 5 rings (SSSR count). The zero-order valence-electron chi connectivity index (χ0n) is 20.1. The maximum atomic E-state index is 11.7. The summed E-state index contributed by atoms with van der Waals surface area (Å²) < 4.78 is 31.5. The molecule has 2 unspecified atom stereocenters. The molecule has 3 aromatic carbocycles. The van der Waals surface area contributed by atoms with Crippen molar-refractivity contribution in [2.75, 3.05) is 6.61 Å². The molecule has 6 heteroatoms. The van der Waals surface area contributed by atoms with Crippen LogP contribution in [-0.2, 0) is 36.9 Å². The second-order valence-electron chi connectivity index (χ2n) is 9.15. The van der Waals surface area contributed by atoms with E-state index in [1.807, 2.05) is 91.0 Å². The maximum absolute atomic E-state index is 11.7. The summed E-state index contributed by atoms with van der Waals surface area (Å²) in [5, 5.41) is 11.7. The number of benzene rings is 3. The molecule has 0 bridgehead atoms. The molecule has 2 saturated heterocycles. The number of hydrogen-bond acceptors (Lipinski definition) is 6. The summed E-state index contributed by atoms with van der Waals surface area (Å²) in [4.78, 5) is 0. The van der Waals surface area contributed by atoms with Crippen molar-refractivity contribution in [2.24, 2.45) is 0 Å². The predicted octanol–water partition coefficient (Wildman–Crippen LogP) is 4.93. The van der Waals surface area contributed by atoms with Crippen molar-refractivity contribution in [1.29, 1.82) is 0 Å². The summed E-state index contributed by atoms with van der Waals surface area (Å²) >= 11 is 0. The van der Waals surface area contributed by atoms with Gasteiger partial charge < -0.3 is 28.8 Å². The highest BCUT2D eigenvalue weighted by atomic mass is 16.7. The highest BCUT2D eigenvalue weighted by molar-refractivity contribution is 5.18. The first-order chi connectivity index (χ1) is 17.7. The van der Waals surface area contributed by atoms with E-state index in [2.05, 4.69) is 6.58 Å². The van der Waals surface area contributed by atoms with Crippen molar-refractivity contribution in [1.82, 2.24) is 0 Å². The average molecular weight is 489 g/mol. The molecule has 2 aliphatic heterocycles. The minimum Gasteiger partial charge on any atom is -0.368 e. The summed E-state index contributed by atoms with van der Waals surface area (Å²) in [6.45, 7) is 4.70. The van der Waals surface area contributed by atoms with Gasteiger partial charge in [0.2, 0.25) is 0 Å². The molecule has 188 valence electrons. The second-order valence-corrected chi connectivity index (χ2v) is 9.15. The lowest BCUT2D eigenvalue weighted by atomic mass is 9.89. The third-order valence-electron chi connectivity index (χ3n) is 6.55. The Morgan fingerprint density at radius 3 is 2.06 bits per heavy atom. The monoisotopic (exact) mass is 488 g/mol. The van der Waals surface area contributed by atoms with Gasteiger partial charge in [-0.25, -0.2) is 0 Å². The number of ether oxygens (including phenoxy) is 5. The van der Waals surface area contributed by atoms with Crippen LogP contribution in [0.1, 0.15) is 29.4 Å². The molecule has 2 fully saturated rings. The normalized spacial score (nSPS) is 29.9. The van der Waals surface area contributed by atoms with Crippen LogP contribution >= 0.6 is 0 Å². The number of rotatable bonds is 9. The molecule has 1 N–H and O–H groups in total. The molecule has 36 heavy (non-hydrogen) atoms. The van der Waals surface area contributed by atoms with Crippen molar-refractivity contribution in [3.8, 4) is 0 Å². The highest BCUT2D eigenvalue weighted by Gasteiger charge is 2.57. The Kier molecular flexibility index (Phi) is 7.92. The van der Waals surface area contributed by atoms with Crippen LogP contribution in [-0.4, -0.2) is 41.9 Å². The second kappa shape index (κ2) is 11.5. The molecular formula is C30H32O6. The molecular weight excluding hydrogens is 456 g/mol. The first kappa shape index (κ1) is 24.8. The molecule has 0 saturated carbocycles.